The topological polar surface area (TPSA) is 80.3 Å². The van der Waals surface area contributed by atoms with Crippen LogP contribution >= 0.6 is 0 Å². The molecule has 0 aromatic carbocycles. The van der Waals surface area contributed by atoms with E-state index in [0.29, 0.717) is 12.2 Å². The van der Waals surface area contributed by atoms with Crippen LogP contribution in [-0.2, 0) is 13.0 Å². The predicted octanol–water partition coefficient (Wildman–Crippen LogP) is 0.182. The lowest BCUT2D eigenvalue weighted by atomic mass is 10.2. The average Bonchev–Trinajstić information content (AvgIpc) is 2.68. The van der Waals surface area contributed by atoms with Crippen LogP contribution in [0.25, 0.3) is 0 Å². The van der Waals surface area contributed by atoms with Gasteiger partial charge in [0.15, 0.2) is 5.82 Å². The van der Waals surface area contributed by atoms with Crippen LogP contribution in [0.15, 0.2) is 24.4 Å². The molecule has 2 aromatic heterocycles. The Morgan fingerprint density at radius 3 is 3.07 bits per heavy atom. The van der Waals surface area contributed by atoms with Gasteiger partial charge in [-0.2, -0.15) is 5.26 Å². The van der Waals surface area contributed by atoms with Gasteiger partial charge in [-0.1, -0.05) is 6.07 Å². The first-order valence-corrected chi connectivity index (χ1v) is 4.42. The molecule has 0 aliphatic heterocycles. The molecule has 15 heavy (non-hydrogen) atoms. The number of rotatable bonds is 3. The molecule has 0 bridgehead atoms. The van der Waals surface area contributed by atoms with Crippen LogP contribution in [0, 0.1) is 11.3 Å². The third-order valence-electron chi connectivity index (χ3n) is 1.89. The van der Waals surface area contributed by atoms with Crippen molar-refractivity contribution in [2.45, 2.75) is 13.0 Å². The molecule has 0 N–H and O–H groups in total. The van der Waals surface area contributed by atoms with Gasteiger partial charge in [0.2, 0.25) is 0 Å². The summed E-state index contributed by atoms with van der Waals surface area (Å²) in [6.07, 6.45) is 2.25. The number of hydrogen-bond donors (Lipinski definition) is 0. The van der Waals surface area contributed by atoms with Crippen LogP contribution in [0.1, 0.15) is 11.5 Å². The molecule has 2 heterocycles. The number of aromatic nitrogens is 5. The minimum atomic E-state index is 0.162. The lowest BCUT2D eigenvalue weighted by Gasteiger charge is -1.98. The second kappa shape index (κ2) is 4.28. The molecule has 0 spiro atoms. The van der Waals surface area contributed by atoms with Crippen molar-refractivity contribution in [2.75, 3.05) is 0 Å². The van der Waals surface area contributed by atoms with Gasteiger partial charge >= 0.3 is 0 Å². The summed E-state index contributed by atoms with van der Waals surface area (Å²) in [5, 5.41) is 19.6. The van der Waals surface area contributed by atoms with Crippen molar-refractivity contribution in [3.63, 3.8) is 0 Å². The maximum atomic E-state index is 8.55. The molecule has 0 fully saturated rings. The van der Waals surface area contributed by atoms with Crippen LogP contribution in [0.4, 0.5) is 0 Å². The zero-order valence-corrected chi connectivity index (χ0v) is 7.91. The van der Waals surface area contributed by atoms with Gasteiger partial charge < -0.3 is 0 Å². The van der Waals surface area contributed by atoms with E-state index in [1.165, 1.54) is 4.68 Å². The fourth-order valence-corrected chi connectivity index (χ4v) is 1.20. The molecule has 0 aliphatic rings. The first-order valence-electron chi connectivity index (χ1n) is 4.42. The quantitative estimate of drug-likeness (QED) is 0.706. The molecule has 0 saturated carbocycles. The van der Waals surface area contributed by atoms with E-state index < -0.39 is 0 Å². The van der Waals surface area contributed by atoms with Crippen molar-refractivity contribution in [3.8, 4) is 6.07 Å². The van der Waals surface area contributed by atoms with E-state index in [2.05, 4.69) is 20.5 Å². The highest BCUT2D eigenvalue weighted by Crippen LogP contribution is 2.02. The Kier molecular flexibility index (Phi) is 2.65. The molecular weight excluding hydrogens is 192 g/mol. The Bertz CT molecular complexity index is 469. The predicted molar refractivity (Wildman–Crippen MR) is 50.5 cm³/mol. The van der Waals surface area contributed by atoms with Crippen molar-refractivity contribution in [1.29, 1.82) is 5.26 Å². The molecule has 2 aromatic rings. The highest BCUT2D eigenvalue weighted by Gasteiger charge is 2.06. The molecule has 6 heteroatoms. The lowest BCUT2D eigenvalue weighted by Crippen LogP contribution is -2.05. The molecule has 0 amide bonds. The van der Waals surface area contributed by atoms with E-state index in [4.69, 9.17) is 5.26 Å². The van der Waals surface area contributed by atoms with E-state index in [1.807, 2.05) is 24.3 Å². The van der Waals surface area contributed by atoms with Crippen molar-refractivity contribution >= 4 is 0 Å². The molecule has 2 rings (SSSR count). The first kappa shape index (κ1) is 9.27. The van der Waals surface area contributed by atoms with Gasteiger partial charge in [0.25, 0.3) is 0 Å². The Labute approximate surface area is 86.2 Å². The van der Waals surface area contributed by atoms with E-state index in [1.54, 1.807) is 6.20 Å². The van der Waals surface area contributed by atoms with Gasteiger partial charge in [-0.25, -0.2) is 4.68 Å². The number of tetrazole rings is 1. The molecule has 74 valence electrons. The number of hydrogen-bond acceptors (Lipinski definition) is 5. The lowest BCUT2D eigenvalue weighted by molar-refractivity contribution is 0.641. The highest BCUT2D eigenvalue weighted by atomic mass is 15.5. The van der Waals surface area contributed by atoms with Crippen molar-refractivity contribution in [3.05, 3.63) is 35.9 Å². The maximum Gasteiger partial charge on any atom is 0.158 e. The average molecular weight is 200 g/mol. The summed E-state index contributed by atoms with van der Waals surface area (Å²) in [7, 11) is 0. The summed E-state index contributed by atoms with van der Waals surface area (Å²) in [6, 6.07) is 7.64. The van der Waals surface area contributed by atoms with Crippen LogP contribution in [0.2, 0.25) is 0 Å². The second-order valence-corrected chi connectivity index (χ2v) is 2.91. The minimum absolute atomic E-state index is 0.162. The molecule has 0 atom stereocenters. The van der Waals surface area contributed by atoms with Gasteiger partial charge in [0.05, 0.1) is 12.5 Å². The fraction of sp³-hybridized carbons (Fsp3) is 0.222. The third-order valence-corrected chi connectivity index (χ3v) is 1.89. The maximum absolute atomic E-state index is 8.55. The molecule has 0 unspecified atom stereocenters. The van der Waals surface area contributed by atoms with Gasteiger partial charge in [0.1, 0.15) is 6.54 Å². The minimum Gasteiger partial charge on any atom is -0.261 e. The van der Waals surface area contributed by atoms with Gasteiger partial charge in [-0.3, -0.25) is 4.98 Å². The highest BCUT2D eigenvalue weighted by molar-refractivity contribution is 5.09. The molecule has 0 radical (unpaired) electrons. The number of pyridine rings is 1. The second-order valence-electron chi connectivity index (χ2n) is 2.91. The standard InChI is InChI=1S/C9H8N6/c10-4-6-15-9(12-13-14-15)7-8-3-1-2-5-11-8/h1-3,5H,6-7H2. The van der Waals surface area contributed by atoms with E-state index in [0.717, 1.165) is 5.69 Å². The zero-order chi connectivity index (χ0) is 10.5. The summed E-state index contributed by atoms with van der Waals surface area (Å²) in [5.41, 5.74) is 0.881. The van der Waals surface area contributed by atoms with E-state index >= 15 is 0 Å². The Morgan fingerprint density at radius 1 is 1.40 bits per heavy atom. The van der Waals surface area contributed by atoms with E-state index in [-0.39, 0.29) is 6.54 Å². The van der Waals surface area contributed by atoms with Crippen molar-refractivity contribution < 1.29 is 0 Å². The summed E-state index contributed by atoms with van der Waals surface area (Å²) < 4.78 is 1.47. The normalized spacial score (nSPS) is 9.80. The molecule has 0 saturated heterocycles. The number of nitriles is 1. The summed E-state index contributed by atoms with van der Waals surface area (Å²) in [5.74, 6) is 0.648. The van der Waals surface area contributed by atoms with Crippen LogP contribution in [-0.4, -0.2) is 25.2 Å². The Balaban J connectivity index is 2.18. The SMILES string of the molecule is N#CCn1nnnc1Cc1ccccn1. The molecular formula is C9H8N6. The smallest absolute Gasteiger partial charge is 0.158 e. The summed E-state index contributed by atoms with van der Waals surface area (Å²) >= 11 is 0. The molecule has 6 nitrogen and oxygen atoms in total. The Morgan fingerprint density at radius 2 is 2.33 bits per heavy atom. The van der Waals surface area contributed by atoms with Gasteiger partial charge in [0, 0.05) is 11.9 Å². The largest absolute Gasteiger partial charge is 0.261 e. The van der Waals surface area contributed by atoms with Crippen LogP contribution < -0.4 is 0 Å². The van der Waals surface area contributed by atoms with Gasteiger partial charge in [-0.15, -0.1) is 5.10 Å². The summed E-state index contributed by atoms with van der Waals surface area (Å²) in [4.78, 5) is 4.16. The third kappa shape index (κ3) is 2.14. The zero-order valence-electron chi connectivity index (χ0n) is 7.91. The Hall–Kier alpha value is -2.29. The first-order chi connectivity index (χ1) is 7.40. The van der Waals surface area contributed by atoms with Crippen LogP contribution in [0.5, 0.6) is 0 Å². The number of nitrogens with zero attached hydrogens (tertiary/aromatic N) is 6. The van der Waals surface area contributed by atoms with E-state index in [9.17, 15) is 0 Å². The fourth-order valence-electron chi connectivity index (χ4n) is 1.20. The van der Waals surface area contributed by atoms with Gasteiger partial charge in [-0.05, 0) is 22.6 Å². The summed E-state index contributed by atoms with van der Waals surface area (Å²) in [6.45, 7) is 0.162. The van der Waals surface area contributed by atoms with Crippen LogP contribution in [0.3, 0.4) is 0 Å². The van der Waals surface area contributed by atoms with Crippen molar-refractivity contribution in [2.24, 2.45) is 0 Å². The monoisotopic (exact) mass is 200 g/mol. The van der Waals surface area contributed by atoms with Crippen molar-refractivity contribution in [1.82, 2.24) is 25.2 Å². The molecule has 0 aliphatic carbocycles.